The van der Waals surface area contributed by atoms with Crippen LogP contribution in [0, 0.1) is 37.1 Å². The average molecular weight is 1020 g/mol. The molecule has 0 radical (unpaired) electrons. The third-order valence-corrected chi connectivity index (χ3v) is 9.69. The maximum atomic E-state index is 15.0. The molecule has 0 N–H and O–H groups in total. The number of ether oxygens (including phenoxy) is 4. The maximum Gasteiger partial charge on any atom is 0.437 e. The molecule has 0 spiro atoms. The normalized spacial score (nSPS) is 15.2. The number of nitrogens with zero attached hydrogens (tertiary/aromatic N) is 10. The molecule has 2 aromatic rings. The molecular formula is C48H70F4N10O10. The Labute approximate surface area is 419 Å². The standard InChI is InChI=1S/2C24H35F2N5O5/c1-15-17(25)10-16(11-18(15)26)12-31(22(34)36-24(5,6)7)19(27-20(32)35-23(2,3)4)30-13-28(8)21(33)29(9)14-30;1-15-17(25)11-10-16(18(15)26)12-31(22(34)36-24(5,6)7)19(27-20(32)35-23(2,3)4)30-13-28(8)21(33)29(9)14-30/h2*10-11H,12-14H2,1-9H3. The quantitative estimate of drug-likeness (QED) is 0.122. The van der Waals surface area contributed by atoms with Crippen molar-refractivity contribution < 1.29 is 65.3 Å². The van der Waals surface area contributed by atoms with Crippen LogP contribution in [-0.2, 0) is 32.0 Å². The molecule has 8 amide bonds. The van der Waals surface area contributed by atoms with Crippen molar-refractivity contribution in [2.75, 3.05) is 54.9 Å². The van der Waals surface area contributed by atoms with Crippen LogP contribution in [-0.4, -0.2) is 165 Å². The van der Waals surface area contributed by atoms with E-state index in [1.807, 2.05) is 0 Å². The number of hydrogen-bond donors (Lipinski definition) is 0. The van der Waals surface area contributed by atoms with Gasteiger partial charge in [-0.25, -0.2) is 56.1 Å². The molecule has 2 aromatic carbocycles. The van der Waals surface area contributed by atoms with Crippen molar-refractivity contribution in [1.82, 2.24) is 39.2 Å². The van der Waals surface area contributed by atoms with Crippen molar-refractivity contribution in [3.05, 3.63) is 69.8 Å². The van der Waals surface area contributed by atoms with Crippen molar-refractivity contribution in [3.63, 3.8) is 0 Å². The third-order valence-electron chi connectivity index (χ3n) is 9.69. The molecule has 2 aliphatic rings. The van der Waals surface area contributed by atoms with Crippen LogP contribution in [0.15, 0.2) is 34.3 Å². The molecule has 20 nitrogen and oxygen atoms in total. The third kappa shape index (κ3) is 17.5. The fourth-order valence-corrected chi connectivity index (χ4v) is 6.58. The molecule has 0 unspecified atom stereocenters. The lowest BCUT2D eigenvalue weighted by Crippen LogP contribution is -2.60. The van der Waals surface area contributed by atoms with Crippen LogP contribution in [0.3, 0.4) is 0 Å². The van der Waals surface area contributed by atoms with Gasteiger partial charge in [-0.2, -0.15) is 0 Å². The predicted octanol–water partition coefficient (Wildman–Crippen LogP) is 9.03. The Morgan fingerprint density at radius 1 is 0.528 bits per heavy atom. The van der Waals surface area contributed by atoms with Gasteiger partial charge in [-0.05, 0) is 121 Å². The molecular weight excluding hydrogens is 953 g/mol. The van der Waals surface area contributed by atoms with Crippen molar-refractivity contribution in [3.8, 4) is 0 Å². The van der Waals surface area contributed by atoms with Gasteiger partial charge < -0.3 is 48.3 Å². The van der Waals surface area contributed by atoms with E-state index in [9.17, 15) is 46.3 Å². The van der Waals surface area contributed by atoms with Crippen LogP contribution in [0.5, 0.6) is 0 Å². The van der Waals surface area contributed by atoms with Crippen LogP contribution in [0.2, 0.25) is 0 Å². The molecule has 400 valence electrons. The van der Waals surface area contributed by atoms with Gasteiger partial charge in [-0.15, -0.1) is 9.98 Å². The highest BCUT2D eigenvalue weighted by molar-refractivity contribution is 6.00. The molecule has 72 heavy (non-hydrogen) atoms. The smallest absolute Gasteiger partial charge is 0.437 e. The monoisotopic (exact) mass is 1020 g/mol. The Hall–Kier alpha value is -6.88. The molecule has 0 saturated carbocycles. The molecule has 2 saturated heterocycles. The van der Waals surface area contributed by atoms with E-state index < -0.39 is 76.6 Å². The summed E-state index contributed by atoms with van der Waals surface area (Å²) < 4.78 is 79.2. The Morgan fingerprint density at radius 3 is 1.19 bits per heavy atom. The molecule has 0 aromatic heterocycles. The van der Waals surface area contributed by atoms with E-state index >= 15 is 0 Å². The van der Waals surface area contributed by atoms with Gasteiger partial charge in [0.1, 0.15) is 45.7 Å². The highest BCUT2D eigenvalue weighted by Crippen LogP contribution is 2.24. The summed E-state index contributed by atoms with van der Waals surface area (Å²) in [6, 6.07) is 3.92. The van der Waals surface area contributed by atoms with E-state index in [0.717, 1.165) is 28.0 Å². The number of hydrogen-bond acceptors (Lipinski definition) is 10. The molecule has 2 aliphatic heterocycles. The zero-order valence-corrected chi connectivity index (χ0v) is 44.6. The number of guanidine groups is 2. The molecule has 4 rings (SSSR count). The molecule has 0 atom stereocenters. The minimum absolute atomic E-state index is 0.0218. The zero-order valence-electron chi connectivity index (χ0n) is 44.6. The second-order valence-corrected chi connectivity index (χ2v) is 21.2. The zero-order chi connectivity index (χ0) is 55.2. The first-order chi connectivity index (χ1) is 32.8. The highest BCUT2D eigenvalue weighted by Gasteiger charge is 2.38. The summed E-state index contributed by atoms with van der Waals surface area (Å²) in [5.41, 5.74) is -3.92. The van der Waals surface area contributed by atoms with Crippen LogP contribution in [0.25, 0.3) is 0 Å². The minimum atomic E-state index is -0.996. The largest absolute Gasteiger partial charge is 0.443 e. The molecule has 24 heteroatoms. The highest BCUT2D eigenvalue weighted by atomic mass is 19.1. The molecule has 0 aliphatic carbocycles. The van der Waals surface area contributed by atoms with Gasteiger partial charge in [0.2, 0.25) is 11.9 Å². The number of urea groups is 2. The van der Waals surface area contributed by atoms with Gasteiger partial charge in [-0.1, -0.05) is 6.07 Å². The van der Waals surface area contributed by atoms with E-state index in [0.29, 0.717) is 0 Å². The van der Waals surface area contributed by atoms with Crippen molar-refractivity contribution in [2.24, 2.45) is 9.98 Å². The molecule has 2 heterocycles. The summed E-state index contributed by atoms with van der Waals surface area (Å²) >= 11 is 0. The lowest BCUT2D eigenvalue weighted by atomic mass is 10.1. The van der Waals surface area contributed by atoms with Gasteiger partial charge in [0, 0.05) is 44.9 Å². The topological polar surface area (TPSA) is 190 Å². The minimum Gasteiger partial charge on any atom is -0.443 e. The number of aliphatic imine (C=N–C) groups is 2. The molecule has 2 fully saturated rings. The number of carbonyl (C=O) groups excluding carboxylic acids is 6. The van der Waals surface area contributed by atoms with Gasteiger partial charge in [-0.3, -0.25) is 0 Å². The SMILES string of the molecule is Cc1c(F)cc(CN(C(=O)OC(C)(C)C)C(=NC(=O)OC(C)(C)C)N2CN(C)C(=O)N(C)C2)cc1F.Cc1c(F)ccc(CN(C(=O)OC(C)(C)C)C(=NC(=O)OC(C)(C)C)N2CN(C)C(=O)N(C)C2)c1F. The molecule has 0 bridgehead atoms. The Bertz CT molecular complexity index is 2380. The predicted molar refractivity (Wildman–Crippen MR) is 258 cm³/mol. The van der Waals surface area contributed by atoms with Crippen molar-refractivity contribution in [1.29, 1.82) is 0 Å². The Balaban J connectivity index is 0.000000380. The summed E-state index contributed by atoms with van der Waals surface area (Å²) in [6.45, 7) is 21.5. The van der Waals surface area contributed by atoms with Gasteiger partial charge in [0.25, 0.3) is 0 Å². The second-order valence-electron chi connectivity index (χ2n) is 21.2. The first kappa shape index (κ1) is 59.4. The van der Waals surface area contributed by atoms with Gasteiger partial charge >= 0.3 is 36.4 Å². The maximum absolute atomic E-state index is 15.0. The van der Waals surface area contributed by atoms with Crippen LogP contribution < -0.4 is 0 Å². The van der Waals surface area contributed by atoms with E-state index in [1.165, 1.54) is 63.4 Å². The number of rotatable bonds is 4. The summed E-state index contributed by atoms with van der Waals surface area (Å²) in [4.78, 5) is 95.2. The number of carbonyl (C=O) groups is 6. The average Bonchev–Trinajstić information content (AvgIpc) is 3.20. The number of halogens is 4. The van der Waals surface area contributed by atoms with Crippen LogP contribution in [0.1, 0.15) is 105 Å². The second kappa shape index (κ2) is 23.1. The summed E-state index contributed by atoms with van der Waals surface area (Å²) in [6.07, 6.45) is -3.82. The van der Waals surface area contributed by atoms with Crippen LogP contribution >= 0.6 is 0 Å². The first-order valence-corrected chi connectivity index (χ1v) is 22.7. The fraction of sp³-hybridized carbons (Fsp3) is 0.583. The van der Waals surface area contributed by atoms with E-state index in [2.05, 4.69) is 9.98 Å². The van der Waals surface area contributed by atoms with Gasteiger partial charge in [0.05, 0.1) is 39.8 Å². The first-order valence-electron chi connectivity index (χ1n) is 22.7. The summed E-state index contributed by atoms with van der Waals surface area (Å²) in [5, 5.41) is 0. The Morgan fingerprint density at radius 2 is 0.861 bits per heavy atom. The lowest BCUT2D eigenvalue weighted by molar-refractivity contribution is 0.0283. The van der Waals surface area contributed by atoms with Gasteiger partial charge in [0.15, 0.2) is 0 Å². The Kier molecular flexibility index (Phi) is 19.1. The van der Waals surface area contributed by atoms with E-state index in [1.54, 1.807) is 97.2 Å². The lowest BCUT2D eigenvalue weighted by Gasteiger charge is -2.42. The fourth-order valence-electron chi connectivity index (χ4n) is 6.58. The number of amides is 8. The van der Waals surface area contributed by atoms with Crippen molar-refractivity contribution >= 4 is 48.4 Å². The van der Waals surface area contributed by atoms with Crippen LogP contribution in [0.4, 0.5) is 46.3 Å². The van der Waals surface area contributed by atoms with Crippen molar-refractivity contribution in [2.45, 2.75) is 132 Å². The van der Waals surface area contributed by atoms with E-state index in [4.69, 9.17) is 18.9 Å². The number of benzene rings is 2. The van der Waals surface area contributed by atoms with E-state index in [-0.39, 0.29) is 79.5 Å². The summed E-state index contributed by atoms with van der Waals surface area (Å²) in [7, 11) is 6.16. The summed E-state index contributed by atoms with van der Waals surface area (Å²) in [5.74, 6) is -3.58.